The molecule has 0 saturated heterocycles. The summed E-state index contributed by atoms with van der Waals surface area (Å²) in [5.41, 5.74) is 15.3. The van der Waals surface area contributed by atoms with E-state index >= 15 is 0 Å². The van der Waals surface area contributed by atoms with Crippen molar-refractivity contribution < 1.29 is 0 Å². The lowest BCUT2D eigenvalue weighted by Crippen LogP contribution is -2.26. The van der Waals surface area contributed by atoms with Gasteiger partial charge < -0.3 is 11.5 Å². The van der Waals surface area contributed by atoms with Gasteiger partial charge >= 0.3 is 7.56 Å². The lowest BCUT2D eigenvalue weighted by Gasteiger charge is -2.18. The van der Waals surface area contributed by atoms with Crippen molar-refractivity contribution >= 4 is 29.8 Å². The fraction of sp³-hybridized carbons (Fsp3) is 0.0714. The Morgan fingerprint density at radius 2 is 0.788 bits per heavy atom. The van der Waals surface area contributed by atoms with Gasteiger partial charge in [-0.25, -0.2) is 0 Å². The Balaban J connectivity index is 1.85. The zero-order chi connectivity index (χ0) is 22.9. The largest absolute Gasteiger partial charge is 0.384 e. The van der Waals surface area contributed by atoms with Gasteiger partial charge in [0.05, 0.1) is 0 Å². The Kier molecular flexibility index (Phi) is 7.29. The van der Waals surface area contributed by atoms with Gasteiger partial charge in [-0.2, -0.15) is 0 Å². The van der Waals surface area contributed by atoms with Crippen LogP contribution in [0.3, 0.4) is 0 Å². The molecule has 0 radical (unpaired) electrons. The van der Waals surface area contributed by atoms with Crippen LogP contribution in [-0.4, -0.2) is 11.7 Å². The second kappa shape index (κ2) is 10.7. The van der Waals surface area contributed by atoms with E-state index in [2.05, 4.69) is 48.5 Å². The maximum Gasteiger partial charge on any atom is 0.317 e. The molecule has 0 aromatic heterocycles. The molecule has 0 saturated carbocycles. The highest BCUT2D eigenvalue weighted by atomic mass is 31.2. The molecule has 0 fully saturated rings. The Bertz CT molecular complexity index is 1110. The molecule has 0 aliphatic carbocycles. The standard InChI is InChI=1S/C28H28N4P/c29-27(21-23-13-5-1-6-14-23)31-33(25-17-9-3-10-18-25,26-19-11-4-12-20-26)32-28(30)22-24-15-7-2-8-16-24/h1-20H,21-22H2,(H2,29,31)(H2,30,32)/q+1. The molecule has 0 heterocycles. The summed E-state index contributed by atoms with van der Waals surface area (Å²) in [6.07, 6.45) is 1.10. The Morgan fingerprint density at radius 1 is 0.485 bits per heavy atom. The number of benzene rings is 4. The van der Waals surface area contributed by atoms with Gasteiger partial charge in [-0.1, -0.05) is 107 Å². The van der Waals surface area contributed by atoms with E-state index in [1.165, 1.54) is 0 Å². The van der Waals surface area contributed by atoms with Gasteiger partial charge in [0.1, 0.15) is 22.3 Å². The van der Waals surface area contributed by atoms with Crippen LogP contribution in [0.15, 0.2) is 131 Å². The number of hydrogen-bond donors (Lipinski definition) is 2. The van der Waals surface area contributed by atoms with Crippen LogP contribution in [0, 0.1) is 0 Å². The molecule has 33 heavy (non-hydrogen) atoms. The fourth-order valence-electron chi connectivity index (χ4n) is 3.73. The summed E-state index contributed by atoms with van der Waals surface area (Å²) in [7, 11) is -2.66. The van der Waals surface area contributed by atoms with Gasteiger partial charge in [0, 0.05) is 12.8 Å². The van der Waals surface area contributed by atoms with Crippen LogP contribution in [-0.2, 0) is 12.8 Å². The van der Waals surface area contributed by atoms with Crippen LogP contribution in [0.1, 0.15) is 11.1 Å². The van der Waals surface area contributed by atoms with E-state index in [9.17, 15) is 0 Å². The molecule has 5 heteroatoms. The van der Waals surface area contributed by atoms with Crippen LogP contribution in [0.25, 0.3) is 0 Å². The molecular weight excluding hydrogens is 423 g/mol. The molecule has 0 spiro atoms. The monoisotopic (exact) mass is 451 g/mol. The molecule has 4 aromatic carbocycles. The van der Waals surface area contributed by atoms with Crippen LogP contribution in [0.2, 0.25) is 0 Å². The minimum atomic E-state index is -2.66. The summed E-state index contributed by atoms with van der Waals surface area (Å²) in [4.78, 5) is 0. The number of amidine groups is 2. The lowest BCUT2D eigenvalue weighted by atomic mass is 10.1. The average molecular weight is 452 g/mol. The number of nitrogens with zero attached hydrogens (tertiary/aromatic N) is 2. The molecule has 0 amide bonds. The molecule has 0 atom stereocenters. The Labute approximate surface area is 196 Å². The van der Waals surface area contributed by atoms with E-state index in [1.54, 1.807) is 0 Å². The first-order valence-corrected chi connectivity index (χ1v) is 12.6. The maximum absolute atomic E-state index is 6.56. The van der Waals surface area contributed by atoms with Crippen molar-refractivity contribution in [2.45, 2.75) is 12.8 Å². The van der Waals surface area contributed by atoms with E-state index in [0.29, 0.717) is 24.5 Å². The number of rotatable bonds is 8. The van der Waals surface area contributed by atoms with Crippen LogP contribution < -0.4 is 22.1 Å². The molecular formula is C28H28N4P+. The van der Waals surface area contributed by atoms with E-state index in [1.807, 2.05) is 72.8 Å². The predicted molar refractivity (Wildman–Crippen MR) is 143 cm³/mol. The summed E-state index contributed by atoms with van der Waals surface area (Å²) >= 11 is 0. The van der Waals surface area contributed by atoms with Crippen molar-refractivity contribution in [3.05, 3.63) is 132 Å². The van der Waals surface area contributed by atoms with Crippen molar-refractivity contribution in [1.82, 2.24) is 0 Å². The Morgan fingerprint density at radius 3 is 1.12 bits per heavy atom. The van der Waals surface area contributed by atoms with Crippen molar-refractivity contribution in [3.63, 3.8) is 0 Å². The van der Waals surface area contributed by atoms with Crippen LogP contribution >= 0.6 is 7.56 Å². The maximum atomic E-state index is 6.56. The normalized spacial score (nSPS) is 12.5. The highest BCUT2D eigenvalue weighted by Crippen LogP contribution is 2.59. The van der Waals surface area contributed by atoms with E-state index in [0.717, 1.165) is 21.7 Å². The smallest absolute Gasteiger partial charge is 0.317 e. The molecule has 0 aliphatic rings. The summed E-state index contributed by atoms with van der Waals surface area (Å²) in [6.45, 7) is 0. The first kappa shape index (κ1) is 22.4. The highest BCUT2D eigenvalue weighted by Gasteiger charge is 2.45. The molecule has 164 valence electrons. The third-order valence-electron chi connectivity index (χ3n) is 5.23. The van der Waals surface area contributed by atoms with E-state index in [-0.39, 0.29) is 0 Å². The van der Waals surface area contributed by atoms with Gasteiger partial charge in [0.25, 0.3) is 0 Å². The van der Waals surface area contributed by atoms with Gasteiger partial charge in [-0.15, -0.1) is 0 Å². The van der Waals surface area contributed by atoms with Crippen molar-refractivity contribution in [2.75, 3.05) is 0 Å². The number of nitrogens with two attached hydrogens (primary N) is 2. The minimum Gasteiger partial charge on any atom is -0.384 e. The summed E-state index contributed by atoms with van der Waals surface area (Å²) < 4.78 is 10.3. The minimum absolute atomic E-state index is 0.540. The predicted octanol–water partition coefficient (Wildman–Crippen LogP) is 4.68. The molecule has 4 N–H and O–H groups in total. The summed E-state index contributed by atoms with van der Waals surface area (Å²) in [5, 5.41) is 2.03. The number of hydrogen-bond acceptors (Lipinski definition) is 2. The molecule has 4 aromatic rings. The van der Waals surface area contributed by atoms with Crippen LogP contribution in [0.5, 0.6) is 0 Å². The topological polar surface area (TPSA) is 76.8 Å². The zero-order valence-corrected chi connectivity index (χ0v) is 19.4. The van der Waals surface area contributed by atoms with Gasteiger partial charge in [-0.05, 0) is 35.4 Å². The molecule has 4 nitrogen and oxygen atoms in total. The molecule has 0 bridgehead atoms. The Hall–Kier alpha value is -3.75. The molecule has 4 rings (SSSR count). The third kappa shape index (κ3) is 5.74. The first-order chi connectivity index (χ1) is 16.2. The van der Waals surface area contributed by atoms with Crippen LogP contribution in [0.4, 0.5) is 0 Å². The second-order valence-electron chi connectivity index (χ2n) is 7.78. The lowest BCUT2D eigenvalue weighted by molar-refractivity contribution is 1.28. The van der Waals surface area contributed by atoms with Crippen molar-refractivity contribution in [3.8, 4) is 0 Å². The van der Waals surface area contributed by atoms with Crippen molar-refractivity contribution in [1.29, 1.82) is 0 Å². The zero-order valence-electron chi connectivity index (χ0n) is 18.5. The fourth-order valence-corrected chi connectivity index (χ4v) is 6.59. The summed E-state index contributed by atoms with van der Waals surface area (Å²) in [6, 6.07) is 40.6. The van der Waals surface area contributed by atoms with E-state index in [4.69, 9.17) is 21.0 Å². The average Bonchev–Trinajstić information content (AvgIpc) is 2.86. The third-order valence-corrected chi connectivity index (χ3v) is 8.36. The SMILES string of the molecule is N/C(Cc1ccccc1)=N\[P+](/N=C(\N)Cc1ccccc1)(c1ccccc1)c1ccccc1. The van der Waals surface area contributed by atoms with Crippen molar-refractivity contribution in [2.24, 2.45) is 21.0 Å². The molecule has 0 unspecified atom stereocenters. The van der Waals surface area contributed by atoms with E-state index < -0.39 is 7.56 Å². The van der Waals surface area contributed by atoms with Gasteiger partial charge in [0.2, 0.25) is 0 Å². The second-order valence-corrected chi connectivity index (χ2v) is 10.4. The highest BCUT2D eigenvalue weighted by molar-refractivity contribution is 7.87. The molecule has 0 aliphatic heterocycles. The summed E-state index contributed by atoms with van der Waals surface area (Å²) in [5.74, 6) is 1.08. The van der Waals surface area contributed by atoms with Gasteiger partial charge in [-0.3, -0.25) is 0 Å². The first-order valence-electron chi connectivity index (χ1n) is 10.9. The quantitative estimate of drug-likeness (QED) is 0.232. The van der Waals surface area contributed by atoms with Gasteiger partial charge in [0.15, 0.2) is 0 Å².